The highest BCUT2D eigenvalue weighted by Crippen LogP contribution is 2.41. The molecule has 0 unspecified atom stereocenters. The van der Waals surface area contributed by atoms with Crippen LogP contribution in [0.5, 0.6) is 0 Å². The molecule has 2 atom stereocenters. The van der Waals surface area contributed by atoms with Crippen molar-refractivity contribution in [3.8, 4) is 0 Å². The zero-order chi connectivity index (χ0) is 18.3. The molecule has 24 heavy (non-hydrogen) atoms. The van der Waals surface area contributed by atoms with Gasteiger partial charge in [0.1, 0.15) is 0 Å². The molecule has 1 aliphatic rings. The number of rotatable bonds is 3. The normalized spacial score (nSPS) is 23.2. The Bertz CT molecular complexity index is 547. The molecule has 0 saturated carbocycles. The van der Waals surface area contributed by atoms with Gasteiger partial charge in [-0.2, -0.15) is 26.3 Å². The quantitative estimate of drug-likeness (QED) is 0.742. The van der Waals surface area contributed by atoms with Gasteiger partial charge in [-0.1, -0.05) is 0 Å². The second-order valence-corrected chi connectivity index (χ2v) is 6.51. The lowest BCUT2D eigenvalue weighted by molar-refractivity contribution is -0.143. The van der Waals surface area contributed by atoms with Crippen LogP contribution in [0.3, 0.4) is 0 Å². The van der Waals surface area contributed by atoms with Crippen LogP contribution in [-0.2, 0) is 12.4 Å². The van der Waals surface area contributed by atoms with Gasteiger partial charge in [-0.3, -0.25) is 4.90 Å². The third kappa shape index (κ3) is 4.22. The molecule has 0 spiro atoms. The summed E-state index contributed by atoms with van der Waals surface area (Å²) in [6.45, 7) is 0.706. The number of alkyl halides is 6. The number of nitrogens with zero attached hydrogens (tertiary/aromatic N) is 2. The molecule has 0 aromatic heterocycles. The second kappa shape index (κ2) is 6.55. The van der Waals surface area contributed by atoms with Crippen molar-refractivity contribution in [1.29, 1.82) is 0 Å². The standard InChI is InChI=1S/C16H20F6N2/c1-23(2)9-13-4-5-14(24(13)3)10-6-11(15(17,18)19)8-12(7-10)16(20,21)22/h6-8,13-14H,4-5,9H2,1-3H3/t13-,14+/m0/s1. The molecule has 1 heterocycles. The molecule has 0 bridgehead atoms. The van der Waals surface area contributed by atoms with Crippen LogP contribution in [0.1, 0.15) is 35.6 Å². The van der Waals surface area contributed by atoms with Gasteiger partial charge in [-0.25, -0.2) is 0 Å². The Morgan fingerprint density at radius 3 is 1.88 bits per heavy atom. The Morgan fingerprint density at radius 2 is 1.46 bits per heavy atom. The second-order valence-electron chi connectivity index (χ2n) is 6.51. The minimum atomic E-state index is -4.81. The largest absolute Gasteiger partial charge is 0.416 e. The SMILES string of the molecule is CN(C)C[C@@H]1CC[C@H](c2cc(C(F)(F)F)cc(C(F)(F)F)c2)N1C. The molecule has 8 heteroatoms. The molecule has 1 aromatic rings. The highest BCUT2D eigenvalue weighted by atomic mass is 19.4. The summed E-state index contributed by atoms with van der Waals surface area (Å²) in [7, 11) is 5.51. The summed E-state index contributed by atoms with van der Waals surface area (Å²) < 4.78 is 77.9. The van der Waals surface area contributed by atoms with Gasteiger partial charge in [0, 0.05) is 18.6 Å². The first-order valence-corrected chi connectivity index (χ1v) is 7.55. The molecule has 0 amide bonds. The van der Waals surface area contributed by atoms with Crippen LogP contribution in [0.15, 0.2) is 18.2 Å². The van der Waals surface area contributed by atoms with Crippen molar-refractivity contribution in [2.45, 2.75) is 37.3 Å². The van der Waals surface area contributed by atoms with E-state index in [4.69, 9.17) is 0 Å². The lowest BCUT2D eigenvalue weighted by atomic mass is 9.98. The maximum Gasteiger partial charge on any atom is 0.416 e. The summed E-state index contributed by atoms with van der Waals surface area (Å²) in [5.74, 6) is 0. The average molecular weight is 354 g/mol. The summed E-state index contributed by atoms with van der Waals surface area (Å²) >= 11 is 0. The van der Waals surface area contributed by atoms with Crippen LogP contribution in [0.2, 0.25) is 0 Å². The van der Waals surface area contributed by atoms with Crippen molar-refractivity contribution < 1.29 is 26.3 Å². The maximum atomic E-state index is 13.0. The van der Waals surface area contributed by atoms with E-state index in [1.165, 1.54) is 0 Å². The van der Waals surface area contributed by atoms with E-state index in [1.807, 2.05) is 23.9 Å². The Morgan fingerprint density at radius 1 is 0.958 bits per heavy atom. The van der Waals surface area contributed by atoms with E-state index in [2.05, 4.69) is 0 Å². The molecule has 0 radical (unpaired) electrons. The van der Waals surface area contributed by atoms with Crippen molar-refractivity contribution in [2.24, 2.45) is 0 Å². The van der Waals surface area contributed by atoms with Gasteiger partial charge in [-0.05, 0) is 57.7 Å². The molecular weight excluding hydrogens is 334 g/mol. The molecule has 2 nitrogen and oxygen atoms in total. The van der Waals surface area contributed by atoms with Gasteiger partial charge >= 0.3 is 12.4 Å². The molecule has 136 valence electrons. The lowest BCUT2D eigenvalue weighted by Crippen LogP contribution is -2.36. The van der Waals surface area contributed by atoms with Crippen molar-refractivity contribution in [2.75, 3.05) is 27.7 Å². The van der Waals surface area contributed by atoms with Crippen LogP contribution in [0.4, 0.5) is 26.3 Å². The first kappa shape index (κ1) is 19.1. The number of benzene rings is 1. The van der Waals surface area contributed by atoms with Crippen molar-refractivity contribution in [1.82, 2.24) is 9.80 Å². The van der Waals surface area contributed by atoms with E-state index in [-0.39, 0.29) is 17.7 Å². The molecule has 2 rings (SSSR count). The molecule has 1 aliphatic heterocycles. The molecule has 1 fully saturated rings. The Labute approximate surface area is 137 Å². The predicted molar refractivity (Wildman–Crippen MR) is 78.5 cm³/mol. The van der Waals surface area contributed by atoms with E-state index in [0.717, 1.165) is 18.6 Å². The predicted octanol–water partition coefficient (Wildman–Crippen LogP) is 4.42. The number of likely N-dealkylation sites (N-methyl/N-ethyl adjacent to an activating group) is 2. The highest BCUT2D eigenvalue weighted by Gasteiger charge is 2.39. The Hall–Kier alpha value is -1.28. The van der Waals surface area contributed by atoms with E-state index in [9.17, 15) is 26.3 Å². The number of hydrogen-bond acceptors (Lipinski definition) is 2. The van der Waals surface area contributed by atoms with Crippen molar-refractivity contribution >= 4 is 0 Å². The fourth-order valence-electron chi connectivity index (χ4n) is 3.23. The Kier molecular flexibility index (Phi) is 5.20. The summed E-state index contributed by atoms with van der Waals surface area (Å²) in [5, 5.41) is 0. The smallest absolute Gasteiger partial charge is 0.308 e. The van der Waals surface area contributed by atoms with Gasteiger partial charge in [0.15, 0.2) is 0 Å². The minimum Gasteiger partial charge on any atom is -0.308 e. The number of halogens is 6. The fraction of sp³-hybridized carbons (Fsp3) is 0.625. The summed E-state index contributed by atoms with van der Waals surface area (Å²) in [6.07, 6.45) is -8.35. The van der Waals surface area contributed by atoms with Crippen LogP contribution in [0.25, 0.3) is 0 Å². The molecular formula is C16H20F6N2. The van der Waals surface area contributed by atoms with E-state index in [0.29, 0.717) is 13.0 Å². The summed E-state index contributed by atoms with van der Waals surface area (Å²) in [5.41, 5.74) is -2.44. The molecule has 0 N–H and O–H groups in total. The monoisotopic (exact) mass is 354 g/mol. The van der Waals surface area contributed by atoms with Crippen LogP contribution < -0.4 is 0 Å². The maximum absolute atomic E-state index is 13.0. The third-order valence-corrected chi connectivity index (χ3v) is 4.41. The molecule has 1 saturated heterocycles. The summed E-state index contributed by atoms with van der Waals surface area (Å²) in [4.78, 5) is 3.83. The highest BCUT2D eigenvalue weighted by molar-refractivity contribution is 5.35. The number of hydrogen-bond donors (Lipinski definition) is 0. The first-order valence-electron chi connectivity index (χ1n) is 7.55. The van der Waals surface area contributed by atoms with Crippen molar-refractivity contribution in [3.63, 3.8) is 0 Å². The third-order valence-electron chi connectivity index (χ3n) is 4.41. The van der Waals surface area contributed by atoms with E-state index in [1.54, 1.807) is 7.05 Å². The van der Waals surface area contributed by atoms with Gasteiger partial charge in [0.05, 0.1) is 11.1 Å². The van der Waals surface area contributed by atoms with E-state index < -0.39 is 29.5 Å². The van der Waals surface area contributed by atoms with Crippen LogP contribution in [-0.4, -0.2) is 43.5 Å². The zero-order valence-corrected chi connectivity index (χ0v) is 13.7. The first-order chi connectivity index (χ1) is 10.9. The molecule has 1 aromatic carbocycles. The summed E-state index contributed by atoms with van der Waals surface area (Å²) in [6, 6.07) is 1.52. The average Bonchev–Trinajstić information content (AvgIpc) is 2.77. The van der Waals surface area contributed by atoms with Crippen LogP contribution in [0, 0.1) is 0 Å². The minimum absolute atomic E-state index is 0.0703. The fourth-order valence-corrected chi connectivity index (χ4v) is 3.23. The van der Waals surface area contributed by atoms with Crippen LogP contribution >= 0.6 is 0 Å². The molecule has 0 aliphatic carbocycles. The van der Waals surface area contributed by atoms with E-state index >= 15 is 0 Å². The van der Waals surface area contributed by atoms with Crippen molar-refractivity contribution in [3.05, 3.63) is 34.9 Å². The van der Waals surface area contributed by atoms with Gasteiger partial charge in [-0.15, -0.1) is 0 Å². The van der Waals surface area contributed by atoms with Gasteiger partial charge in [0.25, 0.3) is 0 Å². The Balaban J connectivity index is 2.39. The van der Waals surface area contributed by atoms with Gasteiger partial charge < -0.3 is 4.90 Å². The lowest BCUT2D eigenvalue weighted by Gasteiger charge is -2.28. The topological polar surface area (TPSA) is 6.48 Å². The zero-order valence-electron chi connectivity index (χ0n) is 13.7. The van der Waals surface area contributed by atoms with Gasteiger partial charge in [0.2, 0.25) is 0 Å². The number of likely N-dealkylation sites (tertiary alicyclic amines) is 1.